The molecule has 1 fully saturated rings. The van der Waals surface area contributed by atoms with Crippen molar-refractivity contribution in [2.75, 3.05) is 32.8 Å². The maximum Gasteiger partial charge on any atom is 0.0558 e. The topological polar surface area (TPSA) is 35.5 Å². The standard InChI is InChI=1S/C10H22N2O/c1-2-3-4-10-9-11-5-6-12(10)7-8-13/h10-11,13H,2-9H2,1H3. The first kappa shape index (κ1) is 11.0. The van der Waals surface area contributed by atoms with Gasteiger partial charge in [0.2, 0.25) is 0 Å². The molecule has 3 nitrogen and oxygen atoms in total. The predicted octanol–water partition coefficient (Wildman–Crippen LogP) is 0.443. The molecule has 0 amide bonds. The number of aliphatic hydroxyl groups is 1. The Morgan fingerprint density at radius 1 is 1.54 bits per heavy atom. The van der Waals surface area contributed by atoms with Crippen LogP contribution < -0.4 is 5.32 Å². The highest BCUT2D eigenvalue weighted by Gasteiger charge is 2.20. The highest BCUT2D eigenvalue weighted by atomic mass is 16.3. The number of nitrogens with one attached hydrogen (secondary N) is 1. The van der Waals surface area contributed by atoms with E-state index in [1.54, 1.807) is 0 Å². The number of hydrogen-bond acceptors (Lipinski definition) is 3. The third-order valence-corrected chi connectivity index (χ3v) is 2.75. The van der Waals surface area contributed by atoms with E-state index < -0.39 is 0 Å². The fourth-order valence-electron chi connectivity index (χ4n) is 1.95. The SMILES string of the molecule is CCCCC1CNCCN1CCO. The van der Waals surface area contributed by atoms with Gasteiger partial charge < -0.3 is 10.4 Å². The Balaban J connectivity index is 2.28. The lowest BCUT2D eigenvalue weighted by Crippen LogP contribution is -2.51. The van der Waals surface area contributed by atoms with E-state index in [-0.39, 0.29) is 0 Å². The maximum absolute atomic E-state index is 8.90. The average molecular weight is 186 g/mol. The molecule has 1 heterocycles. The van der Waals surface area contributed by atoms with Crippen LogP contribution in [0.15, 0.2) is 0 Å². The number of β-amino-alcohol motifs (C(OH)–C–C–N with tert-alkyl or cyclic N) is 1. The fourth-order valence-corrected chi connectivity index (χ4v) is 1.95. The number of aliphatic hydroxyl groups excluding tert-OH is 1. The summed E-state index contributed by atoms with van der Waals surface area (Å²) in [6, 6.07) is 0.654. The minimum Gasteiger partial charge on any atom is -0.395 e. The molecule has 1 saturated heterocycles. The van der Waals surface area contributed by atoms with Gasteiger partial charge in [-0.15, -0.1) is 0 Å². The molecule has 1 unspecified atom stereocenters. The first-order valence-corrected chi connectivity index (χ1v) is 5.44. The molecule has 0 aromatic rings. The van der Waals surface area contributed by atoms with Gasteiger partial charge in [-0.3, -0.25) is 4.90 Å². The lowest BCUT2D eigenvalue weighted by atomic mass is 10.1. The molecular formula is C10H22N2O. The largest absolute Gasteiger partial charge is 0.395 e. The molecule has 0 aliphatic carbocycles. The van der Waals surface area contributed by atoms with E-state index >= 15 is 0 Å². The number of nitrogens with zero attached hydrogens (tertiary/aromatic N) is 1. The van der Waals surface area contributed by atoms with Crippen LogP contribution in [0.1, 0.15) is 26.2 Å². The number of unbranched alkanes of at least 4 members (excludes halogenated alkanes) is 1. The first-order valence-electron chi connectivity index (χ1n) is 5.44. The van der Waals surface area contributed by atoms with Crippen molar-refractivity contribution in [1.82, 2.24) is 10.2 Å². The monoisotopic (exact) mass is 186 g/mol. The van der Waals surface area contributed by atoms with Crippen LogP contribution >= 0.6 is 0 Å². The van der Waals surface area contributed by atoms with E-state index in [2.05, 4.69) is 17.1 Å². The predicted molar refractivity (Wildman–Crippen MR) is 54.8 cm³/mol. The van der Waals surface area contributed by atoms with Gasteiger partial charge in [-0.25, -0.2) is 0 Å². The van der Waals surface area contributed by atoms with Crippen LogP contribution in [-0.2, 0) is 0 Å². The number of hydrogen-bond donors (Lipinski definition) is 2. The van der Waals surface area contributed by atoms with Crippen molar-refractivity contribution in [2.45, 2.75) is 32.2 Å². The van der Waals surface area contributed by atoms with Crippen LogP contribution in [0.4, 0.5) is 0 Å². The Labute approximate surface area is 81.1 Å². The molecule has 78 valence electrons. The molecule has 13 heavy (non-hydrogen) atoms. The van der Waals surface area contributed by atoms with E-state index in [4.69, 9.17) is 5.11 Å². The van der Waals surface area contributed by atoms with E-state index in [1.165, 1.54) is 19.3 Å². The highest BCUT2D eigenvalue weighted by molar-refractivity contribution is 4.79. The van der Waals surface area contributed by atoms with Crippen molar-refractivity contribution in [1.29, 1.82) is 0 Å². The Bertz CT molecular complexity index is 128. The molecule has 0 spiro atoms. The minimum atomic E-state index is 0.294. The third-order valence-electron chi connectivity index (χ3n) is 2.75. The Morgan fingerprint density at radius 2 is 2.38 bits per heavy atom. The molecule has 0 aromatic heterocycles. The van der Waals surface area contributed by atoms with Crippen molar-refractivity contribution in [2.24, 2.45) is 0 Å². The fraction of sp³-hybridized carbons (Fsp3) is 1.00. The van der Waals surface area contributed by atoms with Crippen molar-refractivity contribution < 1.29 is 5.11 Å². The number of piperazine rings is 1. The minimum absolute atomic E-state index is 0.294. The molecule has 1 atom stereocenters. The van der Waals surface area contributed by atoms with E-state index in [9.17, 15) is 0 Å². The van der Waals surface area contributed by atoms with Crippen molar-refractivity contribution in [3.8, 4) is 0 Å². The quantitative estimate of drug-likeness (QED) is 0.654. The van der Waals surface area contributed by atoms with Gasteiger partial charge in [0.25, 0.3) is 0 Å². The van der Waals surface area contributed by atoms with Gasteiger partial charge in [-0.1, -0.05) is 19.8 Å². The van der Waals surface area contributed by atoms with Gasteiger partial charge in [0.05, 0.1) is 6.61 Å². The van der Waals surface area contributed by atoms with E-state index in [0.29, 0.717) is 12.6 Å². The summed E-state index contributed by atoms with van der Waals surface area (Å²) in [5.41, 5.74) is 0. The van der Waals surface area contributed by atoms with Crippen LogP contribution in [0.2, 0.25) is 0 Å². The second kappa shape index (κ2) is 6.35. The summed E-state index contributed by atoms with van der Waals surface area (Å²) >= 11 is 0. The summed E-state index contributed by atoms with van der Waals surface area (Å²) in [4.78, 5) is 2.41. The van der Waals surface area contributed by atoms with Gasteiger partial charge in [0, 0.05) is 32.2 Å². The lowest BCUT2D eigenvalue weighted by Gasteiger charge is -2.35. The molecule has 0 radical (unpaired) electrons. The highest BCUT2D eigenvalue weighted by Crippen LogP contribution is 2.10. The van der Waals surface area contributed by atoms with Crippen molar-refractivity contribution >= 4 is 0 Å². The second-order valence-electron chi connectivity index (χ2n) is 3.76. The Kier molecular flexibility index (Phi) is 5.35. The van der Waals surface area contributed by atoms with E-state index in [0.717, 1.165) is 26.2 Å². The Hall–Kier alpha value is -0.120. The molecule has 3 heteroatoms. The van der Waals surface area contributed by atoms with Gasteiger partial charge in [-0.05, 0) is 6.42 Å². The molecular weight excluding hydrogens is 164 g/mol. The zero-order valence-electron chi connectivity index (χ0n) is 8.63. The maximum atomic E-state index is 8.90. The number of rotatable bonds is 5. The summed E-state index contributed by atoms with van der Waals surface area (Å²) in [5.74, 6) is 0. The summed E-state index contributed by atoms with van der Waals surface area (Å²) < 4.78 is 0. The molecule has 0 bridgehead atoms. The van der Waals surface area contributed by atoms with Crippen LogP contribution in [-0.4, -0.2) is 48.8 Å². The van der Waals surface area contributed by atoms with Gasteiger partial charge in [-0.2, -0.15) is 0 Å². The van der Waals surface area contributed by atoms with Gasteiger partial charge >= 0.3 is 0 Å². The van der Waals surface area contributed by atoms with E-state index in [1.807, 2.05) is 0 Å². The zero-order valence-corrected chi connectivity index (χ0v) is 8.63. The Morgan fingerprint density at radius 3 is 3.08 bits per heavy atom. The third kappa shape index (κ3) is 3.63. The van der Waals surface area contributed by atoms with Crippen LogP contribution in [0.5, 0.6) is 0 Å². The average Bonchev–Trinajstić information content (AvgIpc) is 2.17. The van der Waals surface area contributed by atoms with Crippen LogP contribution in [0.3, 0.4) is 0 Å². The van der Waals surface area contributed by atoms with Crippen molar-refractivity contribution in [3.63, 3.8) is 0 Å². The van der Waals surface area contributed by atoms with Crippen LogP contribution in [0, 0.1) is 0 Å². The lowest BCUT2D eigenvalue weighted by molar-refractivity contribution is 0.120. The van der Waals surface area contributed by atoms with Crippen molar-refractivity contribution in [3.05, 3.63) is 0 Å². The molecule has 1 rings (SSSR count). The summed E-state index contributed by atoms with van der Waals surface area (Å²) in [6.07, 6.45) is 3.83. The molecule has 0 aromatic carbocycles. The molecule has 2 N–H and O–H groups in total. The normalized spacial score (nSPS) is 24.9. The summed E-state index contributed by atoms with van der Waals surface area (Å²) in [7, 11) is 0. The molecule has 1 aliphatic rings. The van der Waals surface area contributed by atoms with Gasteiger partial charge in [0.15, 0.2) is 0 Å². The van der Waals surface area contributed by atoms with Gasteiger partial charge in [0.1, 0.15) is 0 Å². The van der Waals surface area contributed by atoms with Crippen LogP contribution in [0.25, 0.3) is 0 Å². The smallest absolute Gasteiger partial charge is 0.0558 e. The molecule has 0 saturated carbocycles. The first-order chi connectivity index (χ1) is 6.38. The second-order valence-corrected chi connectivity index (χ2v) is 3.76. The zero-order chi connectivity index (χ0) is 9.52. The molecule has 1 aliphatic heterocycles. The summed E-state index contributed by atoms with van der Waals surface area (Å²) in [5, 5.41) is 12.3. The summed E-state index contributed by atoms with van der Waals surface area (Å²) in [6.45, 7) is 6.63.